The van der Waals surface area contributed by atoms with Gasteiger partial charge in [-0.2, -0.15) is 0 Å². The van der Waals surface area contributed by atoms with Crippen LogP contribution in [0.3, 0.4) is 0 Å². The Bertz CT molecular complexity index is 135. The van der Waals surface area contributed by atoms with Crippen LogP contribution < -0.4 is 0 Å². The number of hydrogen-bond donors (Lipinski definition) is 2. The van der Waals surface area contributed by atoms with Gasteiger partial charge in [0.05, 0.1) is 0 Å². The van der Waals surface area contributed by atoms with E-state index in [1.165, 1.54) is 0 Å². The molecule has 0 radical (unpaired) electrons. The van der Waals surface area contributed by atoms with Crippen molar-refractivity contribution < 1.29 is 19.7 Å². The number of carbonyl (C=O) groups is 1. The van der Waals surface area contributed by atoms with Crippen molar-refractivity contribution in [3.8, 4) is 0 Å². The smallest absolute Gasteiger partial charge is 0.335 e. The zero-order chi connectivity index (χ0) is 9.56. The number of aliphatic hydroxyl groups is 2. The predicted octanol–water partition coefficient (Wildman–Crippen LogP) is 0.0714. The van der Waals surface area contributed by atoms with Crippen molar-refractivity contribution in [3.63, 3.8) is 0 Å². The Labute approximate surface area is 72.2 Å². The van der Waals surface area contributed by atoms with E-state index in [0.717, 1.165) is 0 Å². The summed E-state index contributed by atoms with van der Waals surface area (Å²) in [4.78, 5) is 10.9. The largest absolute Gasteiger partial charge is 0.461 e. The van der Waals surface area contributed by atoms with Crippen LogP contribution in [0.1, 0.15) is 26.7 Å². The van der Waals surface area contributed by atoms with Crippen molar-refractivity contribution in [2.45, 2.75) is 38.9 Å². The van der Waals surface area contributed by atoms with E-state index in [-0.39, 0.29) is 12.7 Å². The van der Waals surface area contributed by atoms with Gasteiger partial charge in [-0.25, -0.2) is 4.79 Å². The van der Waals surface area contributed by atoms with Gasteiger partial charge in [0.15, 0.2) is 6.10 Å². The normalized spacial score (nSPS) is 15.3. The third-order valence-corrected chi connectivity index (χ3v) is 1.51. The van der Waals surface area contributed by atoms with E-state index in [1.54, 1.807) is 13.8 Å². The number of carbonyl (C=O) groups excluding carboxylic acids is 1. The summed E-state index contributed by atoms with van der Waals surface area (Å²) < 4.78 is 4.79. The Morgan fingerprint density at radius 1 is 1.58 bits per heavy atom. The molecule has 0 unspecified atom stereocenters. The van der Waals surface area contributed by atoms with Crippen molar-refractivity contribution in [1.82, 2.24) is 0 Å². The molecule has 0 fully saturated rings. The minimum Gasteiger partial charge on any atom is -0.461 e. The highest BCUT2D eigenvalue weighted by Gasteiger charge is 2.16. The molecule has 2 atom stereocenters. The van der Waals surface area contributed by atoms with Gasteiger partial charge in [0, 0.05) is 13.0 Å². The van der Waals surface area contributed by atoms with Crippen molar-refractivity contribution in [1.29, 1.82) is 0 Å². The maximum Gasteiger partial charge on any atom is 0.335 e. The highest BCUT2D eigenvalue weighted by Crippen LogP contribution is 2.01. The highest BCUT2D eigenvalue weighted by atomic mass is 16.6. The molecule has 72 valence electrons. The molecule has 0 aromatic carbocycles. The van der Waals surface area contributed by atoms with E-state index < -0.39 is 12.1 Å². The molecule has 2 N–H and O–H groups in total. The van der Waals surface area contributed by atoms with Crippen LogP contribution in [0.4, 0.5) is 0 Å². The Hall–Kier alpha value is -0.610. The second kappa shape index (κ2) is 5.97. The number of esters is 1. The summed E-state index contributed by atoms with van der Waals surface area (Å²) in [6.45, 7) is 3.36. The monoisotopic (exact) mass is 176 g/mol. The molecule has 0 saturated heterocycles. The van der Waals surface area contributed by atoms with E-state index in [1.807, 2.05) is 0 Å². The van der Waals surface area contributed by atoms with E-state index >= 15 is 0 Å². The van der Waals surface area contributed by atoms with Gasteiger partial charge in [0.25, 0.3) is 0 Å². The first-order valence-electron chi connectivity index (χ1n) is 4.11. The van der Waals surface area contributed by atoms with Gasteiger partial charge in [-0.3, -0.25) is 0 Å². The van der Waals surface area contributed by atoms with Crippen LogP contribution >= 0.6 is 0 Å². The fourth-order valence-electron chi connectivity index (χ4n) is 0.684. The molecule has 4 nitrogen and oxygen atoms in total. The van der Waals surface area contributed by atoms with Gasteiger partial charge in [0.1, 0.15) is 6.10 Å². The number of hydrogen-bond acceptors (Lipinski definition) is 4. The lowest BCUT2D eigenvalue weighted by Gasteiger charge is -2.13. The molecule has 0 aliphatic carbocycles. The fourth-order valence-corrected chi connectivity index (χ4v) is 0.684. The first-order valence-corrected chi connectivity index (χ1v) is 4.11. The van der Waals surface area contributed by atoms with Gasteiger partial charge >= 0.3 is 5.97 Å². The molecule has 0 aromatic heterocycles. The second-order valence-electron chi connectivity index (χ2n) is 2.68. The summed E-state index contributed by atoms with van der Waals surface area (Å²) >= 11 is 0. The molecule has 12 heavy (non-hydrogen) atoms. The third-order valence-electron chi connectivity index (χ3n) is 1.51. The maximum atomic E-state index is 10.9. The molecule has 0 bridgehead atoms. The predicted molar refractivity (Wildman–Crippen MR) is 43.6 cm³/mol. The van der Waals surface area contributed by atoms with Crippen LogP contribution in [0.5, 0.6) is 0 Å². The molecular formula is C8H16O4. The minimum absolute atomic E-state index is 0.0172. The van der Waals surface area contributed by atoms with Crippen LogP contribution in [0.2, 0.25) is 0 Å². The lowest BCUT2D eigenvalue weighted by atomic mass is 10.2. The Balaban J connectivity index is 3.67. The van der Waals surface area contributed by atoms with Crippen molar-refractivity contribution in [3.05, 3.63) is 0 Å². The molecule has 0 spiro atoms. The molecule has 0 aliphatic rings. The average molecular weight is 176 g/mol. The molecule has 0 saturated carbocycles. The van der Waals surface area contributed by atoms with Gasteiger partial charge in [0.2, 0.25) is 0 Å². The van der Waals surface area contributed by atoms with Crippen LogP contribution in [0.25, 0.3) is 0 Å². The topological polar surface area (TPSA) is 66.8 Å². The van der Waals surface area contributed by atoms with E-state index in [4.69, 9.17) is 14.9 Å². The molecular weight excluding hydrogens is 160 g/mol. The molecule has 0 aromatic rings. The maximum absolute atomic E-state index is 10.9. The summed E-state index contributed by atoms with van der Waals surface area (Å²) in [5.74, 6) is -0.613. The number of rotatable bonds is 5. The zero-order valence-electron chi connectivity index (χ0n) is 7.49. The lowest BCUT2D eigenvalue weighted by Crippen LogP contribution is -2.26. The van der Waals surface area contributed by atoms with Crippen molar-refractivity contribution in [2.75, 3.05) is 6.61 Å². The SMILES string of the molecule is CC[C@@H](O)C(=O)O[C@H](C)CCO. The van der Waals surface area contributed by atoms with Crippen LogP contribution in [-0.4, -0.2) is 35.0 Å². The zero-order valence-corrected chi connectivity index (χ0v) is 7.49. The molecule has 0 rings (SSSR count). The summed E-state index contributed by atoms with van der Waals surface area (Å²) in [6, 6.07) is 0. The van der Waals surface area contributed by atoms with Crippen LogP contribution in [0.15, 0.2) is 0 Å². The highest BCUT2D eigenvalue weighted by molar-refractivity contribution is 5.74. The first-order chi connectivity index (χ1) is 5.61. The molecule has 0 heterocycles. The van der Waals surface area contributed by atoms with Gasteiger partial charge in [-0.15, -0.1) is 0 Å². The van der Waals surface area contributed by atoms with Crippen LogP contribution in [0, 0.1) is 0 Å². The quantitative estimate of drug-likeness (QED) is 0.582. The summed E-state index contributed by atoms with van der Waals surface area (Å²) in [6.07, 6.45) is -0.609. The van der Waals surface area contributed by atoms with Gasteiger partial charge in [-0.05, 0) is 13.3 Å². The summed E-state index contributed by atoms with van der Waals surface area (Å²) in [5, 5.41) is 17.5. The molecule has 0 amide bonds. The van der Waals surface area contributed by atoms with Crippen molar-refractivity contribution >= 4 is 5.97 Å². The number of aliphatic hydroxyl groups excluding tert-OH is 2. The first kappa shape index (κ1) is 11.4. The van der Waals surface area contributed by atoms with Gasteiger partial charge in [-0.1, -0.05) is 6.92 Å². The Morgan fingerprint density at radius 3 is 2.58 bits per heavy atom. The Morgan fingerprint density at radius 2 is 2.17 bits per heavy atom. The lowest BCUT2D eigenvalue weighted by molar-refractivity contribution is -0.158. The minimum atomic E-state index is -1.04. The number of ether oxygens (including phenoxy) is 1. The van der Waals surface area contributed by atoms with E-state index in [0.29, 0.717) is 12.8 Å². The molecule has 0 aliphatic heterocycles. The van der Waals surface area contributed by atoms with E-state index in [9.17, 15) is 4.79 Å². The molecule has 4 heteroatoms. The Kier molecular flexibility index (Phi) is 5.66. The summed E-state index contributed by atoms with van der Waals surface area (Å²) in [7, 11) is 0. The fraction of sp³-hybridized carbons (Fsp3) is 0.875. The van der Waals surface area contributed by atoms with Crippen LogP contribution in [-0.2, 0) is 9.53 Å². The van der Waals surface area contributed by atoms with Gasteiger partial charge < -0.3 is 14.9 Å². The second-order valence-corrected chi connectivity index (χ2v) is 2.68. The third kappa shape index (κ3) is 4.31. The summed E-state index contributed by atoms with van der Waals surface area (Å²) in [5.41, 5.74) is 0. The van der Waals surface area contributed by atoms with E-state index in [2.05, 4.69) is 0 Å². The van der Waals surface area contributed by atoms with Crippen molar-refractivity contribution in [2.24, 2.45) is 0 Å². The average Bonchev–Trinajstić information content (AvgIpc) is 2.03. The standard InChI is InChI=1S/C8H16O4/c1-3-7(10)8(11)12-6(2)4-5-9/h6-7,9-10H,3-5H2,1-2H3/t6-,7-/m1/s1.